The topological polar surface area (TPSA) is 59.6 Å². The summed E-state index contributed by atoms with van der Waals surface area (Å²) in [5.41, 5.74) is 9.06. The number of nitrogens with zero attached hydrogens (tertiary/aromatic N) is 1. The van der Waals surface area contributed by atoms with E-state index < -0.39 is 0 Å². The maximum absolute atomic E-state index is 5.94. The maximum Gasteiger partial charge on any atom is 0.193 e. The van der Waals surface area contributed by atoms with E-state index in [4.69, 9.17) is 10.5 Å². The third-order valence-corrected chi connectivity index (χ3v) is 3.62. The molecule has 4 heteroatoms. The summed E-state index contributed by atoms with van der Waals surface area (Å²) in [6.07, 6.45) is 0. The quantitative estimate of drug-likeness (QED) is 0.526. The minimum Gasteiger partial charge on any atom is -0.489 e. The number of rotatable bonds is 6. The van der Waals surface area contributed by atoms with Crippen LogP contribution in [0.25, 0.3) is 0 Å². The van der Waals surface area contributed by atoms with Crippen molar-refractivity contribution < 1.29 is 4.74 Å². The van der Waals surface area contributed by atoms with Gasteiger partial charge in [0.15, 0.2) is 5.96 Å². The third-order valence-electron chi connectivity index (χ3n) is 3.62. The lowest BCUT2D eigenvalue weighted by atomic mass is 10.1. The van der Waals surface area contributed by atoms with Gasteiger partial charge in [-0.05, 0) is 35.4 Å². The Morgan fingerprint density at radius 1 is 0.840 bits per heavy atom. The molecule has 0 aliphatic rings. The number of aliphatic imine (C=N–C) groups is 1. The predicted molar refractivity (Wildman–Crippen MR) is 103 cm³/mol. The molecule has 4 nitrogen and oxygen atoms in total. The van der Waals surface area contributed by atoms with E-state index in [1.54, 1.807) is 0 Å². The van der Waals surface area contributed by atoms with E-state index in [-0.39, 0.29) is 0 Å². The lowest BCUT2D eigenvalue weighted by molar-refractivity contribution is 0.306. The Morgan fingerprint density at radius 2 is 1.52 bits per heavy atom. The second-order valence-electron chi connectivity index (χ2n) is 5.61. The highest BCUT2D eigenvalue weighted by Crippen LogP contribution is 2.13. The Kier molecular flexibility index (Phi) is 5.67. The van der Waals surface area contributed by atoms with Crippen molar-refractivity contribution in [2.45, 2.75) is 13.2 Å². The summed E-state index contributed by atoms with van der Waals surface area (Å²) in [7, 11) is 0. The first kappa shape index (κ1) is 16.6. The Bertz CT molecular complexity index is 817. The van der Waals surface area contributed by atoms with Gasteiger partial charge in [-0.1, -0.05) is 60.7 Å². The standard InChI is InChI=1S/C21H21N3O/c22-21(24-19-10-3-1-4-11-19)23-15-17-8-7-9-18(14-17)16-25-20-12-5-2-6-13-20/h1-14H,15-16H2,(H3,22,23,24). The maximum atomic E-state index is 5.94. The van der Waals surface area contributed by atoms with Gasteiger partial charge in [0.2, 0.25) is 0 Å². The highest BCUT2D eigenvalue weighted by molar-refractivity contribution is 5.92. The van der Waals surface area contributed by atoms with E-state index in [9.17, 15) is 0 Å². The average molecular weight is 331 g/mol. The van der Waals surface area contributed by atoms with E-state index in [2.05, 4.69) is 16.4 Å². The van der Waals surface area contributed by atoms with Gasteiger partial charge in [0.05, 0.1) is 6.54 Å². The molecule has 126 valence electrons. The fourth-order valence-electron chi connectivity index (χ4n) is 2.39. The van der Waals surface area contributed by atoms with Crippen molar-refractivity contribution in [1.29, 1.82) is 0 Å². The van der Waals surface area contributed by atoms with Crippen LogP contribution < -0.4 is 15.8 Å². The fraction of sp³-hybridized carbons (Fsp3) is 0.0952. The first-order chi connectivity index (χ1) is 12.3. The Labute approximate surface area is 148 Å². The Hall–Kier alpha value is -3.27. The number of guanidine groups is 1. The lowest BCUT2D eigenvalue weighted by Gasteiger charge is -2.08. The number of ether oxygens (including phenoxy) is 1. The van der Waals surface area contributed by atoms with E-state index in [0.29, 0.717) is 19.1 Å². The van der Waals surface area contributed by atoms with Crippen molar-refractivity contribution in [3.63, 3.8) is 0 Å². The Balaban J connectivity index is 1.57. The number of hydrogen-bond donors (Lipinski definition) is 2. The average Bonchev–Trinajstić information content (AvgIpc) is 2.67. The van der Waals surface area contributed by atoms with Gasteiger partial charge in [0, 0.05) is 5.69 Å². The van der Waals surface area contributed by atoms with Crippen LogP contribution in [-0.2, 0) is 13.2 Å². The molecule has 0 fully saturated rings. The van der Waals surface area contributed by atoms with Crippen molar-refractivity contribution in [3.8, 4) is 5.75 Å². The van der Waals surface area contributed by atoms with E-state index in [1.807, 2.05) is 78.9 Å². The summed E-state index contributed by atoms with van der Waals surface area (Å²) in [4.78, 5) is 4.39. The SMILES string of the molecule is NC(=NCc1cccc(COc2ccccc2)c1)Nc1ccccc1. The number of hydrogen-bond acceptors (Lipinski definition) is 2. The molecule has 0 radical (unpaired) electrons. The normalized spacial score (nSPS) is 11.1. The minimum atomic E-state index is 0.400. The fourth-order valence-corrected chi connectivity index (χ4v) is 2.39. The first-order valence-electron chi connectivity index (χ1n) is 8.17. The molecule has 0 aliphatic heterocycles. The molecule has 3 aromatic rings. The zero-order valence-corrected chi connectivity index (χ0v) is 13.9. The summed E-state index contributed by atoms with van der Waals surface area (Å²) in [6, 6.07) is 27.7. The van der Waals surface area contributed by atoms with Crippen molar-refractivity contribution in [3.05, 3.63) is 96.1 Å². The van der Waals surface area contributed by atoms with Gasteiger partial charge in [-0.15, -0.1) is 0 Å². The van der Waals surface area contributed by atoms with Gasteiger partial charge < -0.3 is 15.8 Å². The summed E-state index contributed by atoms with van der Waals surface area (Å²) >= 11 is 0. The molecule has 3 rings (SSSR count). The predicted octanol–water partition coefficient (Wildman–Crippen LogP) is 4.19. The summed E-state index contributed by atoms with van der Waals surface area (Å²) < 4.78 is 5.78. The van der Waals surface area contributed by atoms with Gasteiger partial charge in [0.1, 0.15) is 12.4 Å². The van der Waals surface area contributed by atoms with Crippen molar-refractivity contribution >= 4 is 11.6 Å². The molecule has 0 bridgehead atoms. The number of nitrogens with two attached hydrogens (primary N) is 1. The molecule has 0 saturated heterocycles. The van der Waals surface area contributed by atoms with Gasteiger partial charge in [-0.25, -0.2) is 4.99 Å². The van der Waals surface area contributed by atoms with Gasteiger partial charge in [-0.2, -0.15) is 0 Å². The highest BCUT2D eigenvalue weighted by atomic mass is 16.5. The summed E-state index contributed by atoms with van der Waals surface area (Å²) in [5, 5.41) is 3.08. The largest absolute Gasteiger partial charge is 0.489 e. The summed E-state index contributed by atoms with van der Waals surface area (Å²) in [6.45, 7) is 1.05. The zero-order valence-electron chi connectivity index (χ0n) is 13.9. The van der Waals surface area contributed by atoms with Crippen LogP contribution in [0.3, 0.4) is 0 Å². The molecular formula is C21H21N3O. The molecule has 0 amide bonds. The van der Waals surface area contributed by atoms with Crippen molar-refractivity contribution in [1.82, 2.24) is 0 Å². The molecule has 3 aromatic carbocycles. The molecule has 0 aromatic heterocycles. The van der Waals surface area contributed by atoms with Crippen LogP contribution in [0.4, 0.5) is 5.69 Å². The van der Waals surface area contributed by atoms with Gasteiger partial charge >= 0.3 is 0 Å². The Morgan fingerprint density at radius 3 is 2.28 bits per heavy atom. The van der Waals surface area contributed by atoms with E-state index >= 15 is 0 Å². The zero-order chi connectivity index (χ0) is 17.3. The molecule has 0 spiro atoms. The van der Waals surface area contributed by atoms with Crippen LogP contribution in [0.5, 0.6) is 5.75 Å². The lowest BCUT2D eigenvalue weighted by Crippen LogP contribution is -2.22. The second-order valence-corrected chi connectivity index (χ2v) is 5.61. The van der Waals surface area contributed by atoms with Crippen LogP contribution in [0.1, 0.15) is 11.1 Å². The van der Waals surface area contributed by atoms with Crippen molar-refractivity contribution in [2.75, 3.05) is 5.32 Å². The van der Waals surface area contributed by atoms with E-state index in [0.717, 1.165) is 22.6 Å². The molecule has 0 atom stereocenters. The molecule has 3 N–H and O–H groups in total. The van der Waals surface area contributed by atoms with Crippen LogP contribution >= 0.6 is 0 Å². The van der Waals surface area contributed by atoms with E-state index in [1.165, 1.54) is 0 Å². The van der Waals surface area contributed by atoms with Crippen LogP contribution in [0.15, 0.2) is 89.9 Å². The minimum absolute atomic E-state index is 0.400. The molecular weight excluding hydrogens is 310 g/mol. The summed E-state index contributed by atoms with van der Waals surface area (Å²) in [5.74, 6) is 1.26. The van der Waals surface area contributed by atoms with Crippen molar-refractivity contribution in [2.24, 2.45) is 10.7 Å². The van der Waals surface area contributed by atoms with Crippen LogP contribution in [-0.4, -0.2) is 5.96 Å². The van der Waals surface area contributed by atoms with Crippen LogP contribution in [0, 0.1) is 0 Å². The first-order valence-corrected chi connectivity index (χ1v) is 8.17. The molecule has 0 heterocycles. The monoisotopic (exact) mass is 331 g/mol. The number of anilines is 1. The number of benzene rings is 3. The third kappa shape index (κ3) is 5.39. The van der Waals surface area contributed by atoms with Gasteiger partial charge in [-0.3, -0.25) is 0 Å². The molecule has 0 aliphatic carbocycles. The molecule has 25 heavy (non-hydrogen) atoms. The molecule has 0 saturated carbocycles. The molecule has 0 unspecified atom stereocenters. The smallest absolute Gasteiger partial charge is 0.193 e. The second kappa shape index (κ2) is 8.55. The highest BCUT2D eigenvalue weighted by Gasteiger charge is 1.99. The number of para-hydroxylation sites is 2. The van der Waals surface area contributed by atoms with Gasteiger partial charge in [0.25, 0.3) is 0 Å². The van der Waals surface area contributed by atoms with Crippen LogP contribution in [0.2, 0.25) is 0 Å². The number of nitrogens with one attached hydrogen (secondary N) is 1.